The molecule has 0 unspecified atom stereocenters. The van der Waals surface area contributed by atoms with E-state index in [1.54, 1.807) is 44.4 Å². The van der Waals surface area contributed by atoms with Gasteiger partial charge in [0.25, 0.3) is 0 Å². The molecule has 3 N–H and O–H groups in total. The molecule has 0 radical (unpaired) electrons. The number of methoxy groups -OCH3 is 2. The number of aliphatic hydroxyl groups excluding tert-OH is 1. The quantitative estimate of drug-likeness (QED) is 0.518. The molecule has 1 spiro atoms. The van der Waals surface area contributed by atoms with Gasteiger partial charge in [0.1, 0.15) is 5.54 Å². The van der Waals surface area contributed by atoms with Gasteiger partial charge in [-0.2, -0.15) is 0 Å². The summed E-state index contributed by atoms with van der Waals surface area (Å²) in [6.07, 6.45) is -0.577. The lowest BCUT2D eigenvalue weighted by Crippen LogP contribution is -2.54. The van der Waals surface area contributed by atoms with Crippen molar-refractivity contribution >= 4 is 35.0 Å². The lowest BCUT2D eigenvalue weighted by molar-refractivity contribution is -0.143. The number of carbonyl (C=O) groups is 3. The lowest BCUT2D eigenvalue weighted by atomic mass is 9.76. The molecule has 0 bridgehead atoms. The Balaban J connectivity index is 1.49. The van der Waals surface area contributed by atoms with E-state index in [-0.39, 0.29) is 6.54 Å². The minimum absolute atomic E-state index is 0.132. The zero-order valence-electron chi connectivity index (χ0n) is 19.5. The van der Waals surface area contributed by atoms with E-state index in [1.165, 1.54) is 12.0 Å². The Morgan fingerprint density at radius 1 is 1.11 bits per heavy atom. The number of carbonyl (C=O) groups excluding carboxylic acids is 3. The van der Waals surface area contributed by atoms with E-state index in [9.17, 15) is 19.5 Å². The van der Waals surface area contributed by atoms with Crippen LogP contribution in [0.4, 0.5) is 5.69 Å². The number of fused-ring (bicyclic) bond motifs is 4. The van der Waals surface area contributed by atoms with E-state index >= 15 is 0 Å². The van der Waals surface area contributed by atoms with E-state index in [4.69, 9.17) is 21.1 Å². The van der Waals surface area contributed by atoms with Gasteiger partial charge in [-0.25, -0.2) is 0 Å². The number of hydrogen-bond acceptors (Lipinski definition) is 7. The third-order valence-electron chi connectivity index (χ3n) is 7.32. The number of nitrogens with zero attached hydrogens (tertiary/aromatic N) is 1. The summed E-state index contributed by atoms with van der Waals surface area (Å²) in [7, 11) is 3.08. The summed E-state index contributed by atoms with van der Waals surface area (Å²) in [4.78, 5) is 41.8. The number of halogens is 1. The highest BCUT2D eigenvalue weighted by molar-refractivity contribution is 6.35. The van der Waals surface area contributed by atoms with Gasteiger partial charge in [0.05, 0.1) is 42.9 Å². The predicted octanol–water partition coefficient (Wildman–Crippen LogP) is 1.70. The molecule has 5 rings (SSSR count). The highest BCUT2D eigenvalue weighted by Crippen LogP contribution is 2.54. The number of para-hydroxylation sites is 1. The first-order chi connectivity index (χ1) is 16.7. The third-order valence-corrected chi connectivity index (χ3v) is 7.63. The van der Waals surface area contributed by atoms with Crippen molar-refractivity contribution in [1.29, 1.82) is 0 Å². The van der Waals surface area contributed by atoms with Crippen LogP contribution < -0.4 is 20.1 Å². The number of hydrogen-bond donors (Lipinski definition) is 3. The van der Waals surface area contributed by atoms with Gasteiger partial charge in [-0.3, -0.25) is 24.6 Å². The fraction of sp³-hybridized carbons (Fsp3) is 0.400. The number of imide groups is 1. The van der Waals surface area contributed by atoms with Crippen LogP contribution in [0.1, 0.15) is 18.1 Å². The van der Waals surface area contributed by atoms with Gasteiger partial charge in [-0.1, -0.05) is 29.8 Å². The van der Waals surface area contributed by atoms with Gasteiger partial charge in [0, 0.05) is 18.2 Å². The molecule has 2 aromatic carbocycles. The fourth-order valence-electron chi connectivity index (χ4n) is 5.69. The van der Waals surface area contributed by atoms with Crippen molar-refractivity contribution in [3.8, 4) is 11.5 Å². The second-order valence-electron chi connectivity index (χ2n) is 9.11. The standard InChI is InChI=1S/C25H26ClN3O6/c1-12(30)20-18-19(25(28-20)14-5-4-6-15(26)21(14)27-24(25)33)23(32)29(22(18)31)10-9-13-7-8-16(34-2)17(11-13)35-3/h4-8,11-12,18-20,28,30H,9-10H2,1-3H3,(H,27,33)/t12-,18-,19-,20-,25-/m0/s1. The Kier molecular flexibility index (Phi) is 5.74. The van der Waals surface area contributed by atoms with Crippen LogP contribution in [0.5, 0.6) is 11.5 Å². The van der Waals surface area contributed by atoms with E-state index in [2.05, 4.69) is 10.6 Å². The summed E-state index contributed by atoms with van der Waals surface area (Å²) in [5.74, 6) is -2.06. The van der Waals surface area contributed by atoms with Crippen molar-refractivity contribution in [3.05, 3.63) is 52.5 Å². The van der Waals surface area contributed by atoms with Crippen LogP contribution in [0.15, 0.2) is 36.4 Å². The van der Waals surface area contributed by atoms with E-state index < -0.39 is 47.2 Å². The first-order valence-corrected chi connectivity index (χ1v) is 11.7. The molecule has 2 aromatic rings. The maximum absolute atomic E-state index is 13.7. The maximum atomic E-state index is 13.7. The van der Waals surface area contributed by atoms with Gasteiger partial charge in [0.15, 0.2) is 11.5 Å². The van der Waals surface area contributed by atoms with Crippen LogP contribution in [-0.2, 0) is 26.3 Å². The van der Waals surface area contributed by atoms with Gasteiger partial charge in [0.2, 0.25) is 17.7 Å². The van der Waals surface area contributed by atoms with Gasteiger partial charge >= 0.3 is 0 Å². The number of likely N-dealkylation sites (tertiary alicyclic amines) is 1. The van der Waals surface area contributed by atoms with E-state index in [1.807, 2.05) is 6.07 Å². The molecule has 184 valence electrons. The predicted molar refractivity (Wildman–Crippen MR) is 127 cm³/mol. The summed E-state index contributed by atoms with van der Waals surface area (Å²) in [5, 5.41) is 16.8. The molecular weight excluding hydrogens is 474 g/mol. The van der Waals surface area contributed by atoms with Gasteiger partial charge in [-0.15, -0.1) is 0 Å². The molecule has 0 aliphatic carbocycles. The number of rotatable bonds is 6. The molecule has 10 heteroatoms. The van der Waals surface area contributed by atoms with Crippen LogP contribution >= 0.6 is 11.6 Å². The Hall–Kier alpha value is -3.14. The van der Waals surface area contributed by atoms with Crippen LogP contribution in [-0.4, -0.2) is 60.6 Å². The topological polar surface area (TPSA) is 117 Å². The number of amides is 3. The number of ether oxygens (including phenoxy) is 2. The van der Waals surface area contributed by atoms with Crippen molar-refractivity contribution in [1.82, 2.24) is 10.2 Å². The minimum Gasteiger partial charge on any atom is -0.493 e. The molecule has 2 saturated heterocycles. The molecular formula is C25H26ClN3O6. The summed E-state index contributed by atoms with van der Waals surface area (Å²) in [5.41, 5.74) is 0.296. The Labute approximate surface area is 207 Å². The maximum Gasteiger partial charge on any atom is 0.250 e. The summed E-state index contributed by atoms with van der Waals surface area (Å²) < 4.78 is 10.6. The van der Waals surface area contributed by atoms with Crippen molar-refractivity contribution in [2.45, 2.75) is 31.0 Å². The lowest BCUT2D eigenvalue weighted by Gasteiger charge is -2.30. The minimum atomic E-state index is -1.49. The molecule has 9 nitrogen and oxygen atoms in total. The van der Waals surface area contributed by atoms with Gasteiger partial charge in [-0.05, 0) is 37.1 Å². The smallest absolute Gasteiger partial charge is 0.250 e. The molecule has 3 aliphatic heterocycles. The van der Waals surface area contributed by atoms with E-state index in [0.717, 1.165) is 5.56 Å². The normalized spacial score (nSPS) is 27.7. The molecule has 0 saturated carbocycles. The second-order valence-corrected chi connectivity index (χ2v) is 9.51. The Morgan fingerprint density at radius 3 is 2.54 bits per heavy atom. The Morgan fingerprint density at radius 2 is 1.86 bits per heavy atom. The van der Waals surface area contributed by atoms with Crippen LogP contribution in [0, 0.1) is 11.8 Å². The first kappa shape index (κ1) is 23.6. The Bertz CT molecular complexity index is 1230. The zero-order chi connectivity index (χ0) is 25.1. The SMILES string of the molecule is COc1ccc(CCN2C(=O)[C@@H]3[C@H]([C@H](C)O)N[C@]4(C(=O)Nc5c(Cl)cccc54)[C@@H]3C2=O)cc1OC. The molecule has 2 fully saturated rings. The molecule has 3 amide bonds. The van der Waals surface area contributed by atoms with Crippen molar-refractivity contribution in [2.75, 3.05) is 26.1 Å². The zero-order valence-corrected chi connectivity index (χ0v) is 20.3. The molecule has 3 heterocycles. The fourth-order valence-corrected chi connectivity index (χ4v) is 5.92. The molecule has 0 aromatic heterocycles. The number of aliphatic hydroxyl groups is 1. The summed E-state index contributed by atoms with van der Waals surface area (Å²) in [6.45, 7) is 1.68. The third kappa shape index (κ3) is 3.33. The van der Waals surface area contributed by atoms with Crippen LogP contribution in [0.25, 0.3) is 0 Å². The van der Waals surface area contributed by atoms with Crippen molar-refractivity contribution in [2.24, 2.45) is 11.8 Å². The van der Waals surface area contributed by atoms with E-state index in [0.29, 0.717) is 34.2 Å². The summed E-state index contributed by atoms with van der Waals surface area (Å²) in [6, 6.07) is 9.70. The number of nitrogens with one attached hydrogen (secondary N) is 2. The molecule has 3 aliphatic rings. The number of benzene rings is 2. The molecule has 35 heavy (non-hydrogen) atoms. The average Bonchev–Trinajstić information content (AvgIpc) is 3.43. The highest BCUT2D eigenvalue weighted by Gasteiger charge is 2.71. The van der Waals surface area contributed by atoms with Gasteiger partial charge < -0.3 is 19.9 Å². The van der Waals surface area contributed by atoms with Crippen LogP contribution in [0.2, 0.25) is 5.02 Å². The first-order valence-electron chi connectivity index (χ1n) is 11.4. The number of anilines is 1. The molecule has 5 atom stereocenters. The highest BCUT2D eigenvalue weighted by atomic mass is 35.5. The summed E-state index contributed by atoms with van der Waals surface area (Å²) >= 11 is 6.32. The van der Waals surface area contributed by atoms with Crippen LogP contribution in [0.3, 0.4) is 0 Å². The van der Waals surface area contributed by atoms with Crippen molar-refractivity contribution < 1.29 is 29.0 Å². The second kappa shape index (κ2) is 8.51. The monoisotopic (exact) mass is 499 g/mol. The average molecular weight is 500 g/mol. The largest absolute Gasteiger partial charge is 0.493 e. The van der Waals surface area contributed by atoms with Crippen molar-refractivity contribution in [3.63, 3.8) is 0 Å².